The molecule has 1 N–H and O–H groups in total. The van der Waals surface area contributed by atoms with Gasteiger partial charge in [-0.2, -0.15) is 0 Å². The van der Waals surface area contributed by atoms with E-state index in [2.05, 4.69) is 31.2 Å². The Kier molecular flexibility index (Phi) is 4.67. The number of rotatable bonds is 4. The summed E-state index contributed by atoms with van der Waals surface area (Å²) in [6.45, 7) is 4.13. The van der Waals surface area contributed by atoms with E-state index in [4.69, 9.17) is 0 Å². The summed E-state index contributed by atoms with van der Waals surface area (Å²) in [5, 5.41) is 2.82. The number of anilines is 1. The Bertz CT molecular complexity index is 370. The Balaban J connectivity index is 2.62. The van der Waals surface area contributed by atoms with Gasteiger partial charge in [0, 0.05) is 19.3 Å². The maximum atomic E-state index is 11.5. The molecule has 5 nitrogen and oxygen atoms in total. The van der Waals surface area contributed by atoms with Crippen LogP contribution in [0.1, 0.15) is 13.8 Å². The van der Waals surface area contributed by atoms with Crippen molar-refractivity contribution in [3.05, 3.63) is 17.0 Å². The number of hydrogen-bond donors (Lipinski definition) is 1. The predicted molar refractivity (Wildman–Crippen MR) is 66.3 cm³/mol. The van der Waals surface area contributed by atoms with Crippen molar-refractivity contribution in [3.8, 4) is 0 Å². The van der Waals surface area contributed by atoms with Crippen LogP contribution in [0.15, 0.2) is 17.0 Å². The predicted octanol–water partition coefficient (Wildman–Crippen LogP) is 1.20. The van der Waals surface area contributed by atoms with E-state index in [0.717, 1.165) is 4.47 Å². The molecule has 0 atom stereocenters. The Morgan fingerprint density at radius 3 is 2.88 bits per heavy atom. The van der Waals surface area contributed by atoms with Crippen molar-refractivity contribution in [1.29, 1.82) is 0 Å². The van der Waals surface area contributed by atoms with Crippen molar-refractivity contribution < 1.29 is 4.79 Å². The van der Waals surface area contributed by atoms with Gasteiger partial charge in [-0.05, 0) is 29.8 Å². The summed E-state index contributed by atoms with van der Waals surface area (Å²) in [5.74, 6) is 0.678. The highest BCUT2D eigenvalue weighted by Gasteiger charge is 2.11. The molecule has 0 spiro atoms. The van der Waals surface area contributed by atoms with E-state index in [0.29, 0.717) is 5.82 Å². The van der Waals surface area contributed by atoms with Crippen LogP contribution in [0.3, 0.4) is 0 Å². The molecular formula is C10H15BrN4O. The van der Waals surface area contributed by atoms with Crippen LogP contribution in [0.4, 0.5) is 5.82 Å². The maximum Gasteiger partial charge on any atom is 0.239 e. The largest absolute Gasteiger partial charge is 0.352 e. The highest BCUT2D eigenvalue weighted by Crippen LogP contribution is 2.20. The van der Waals surface area contributed by atoms with Gasteiger partial charge in [-0.3, -0.25) is 4.79 Å². The fraction of sp³-hybridized carbons (Fsp3) is 0.500. The normalized spacial score (nSPS) is 10.3. The molecule has 1 aromatic heterocycles. The van der Waals surface area contributed by atoms with E-state index in [1.807, 2.05) is 20.9 Å². The smallest absolute Gasteiger partial charge is 0.239 e. The molecule has 1 heterocycles. The minimum absolute atomic E-state index is 0.0250. The highest BCUT2D eigenvalue weighted by atomic mass is 79.9. The zero-order valence-electron chi connectivity index (χ0n) is 9.57. The molecule has 88 valence electrons. The third kappa shape index (κ3) is 3.77. The second-order valence-corrected chi connectivity index (χ2v) is 4.63. The number of hydrogen-bond acceptors (Lipinski definition) is 4. The van der Waals surface area contributed by atoms with E-state index in [1.54, 1.807) is 11.1 Å². The number of likely N-dealkylation sites (N-methyl/N-ethyl adjacent to an activating group) is 1. The zero-order chi connectivity index (χ0) is 12.1. The fourth-order valence-electron chi connectivity index (χ4n) is 1.24. The molecule has 0 aromatic carbocycles. The summed E-state index contributed by atoms with van der Waals surface area (Å²) in [5.41, 5.74) is 0. The van der Waals surface area contributed by atoms with Crippen molar-refractivity contribution >= 4 is 27.7 Å². The summed E-state index contributed by atoms with van der Waals surface area (Å²) in [7, 11) is 1.81. The summed E-state index contributed by atoms with van der Waals surface area (Å²) < 4.78 is 0.773. The molecule has 0 aliphatic heterocycles. The van der Waals surface area contributed by atoms with Crippen molar-refractivity contribution in [1.82, 2.24) is 15.3 Å². The second-order valence-electron chi connectivity index (χ2n) is 3.77. The first-order chi connectivity index (χ1) is 7.50. The van der Waals surface area contributed by atoms with Gasteiger partial charge in [0.2, 0.25) is 5.91 Å². The molecule has 0 radical (unpaired) electrons. The van der Waals surface area contributed by atoms with Crippen LogP contribution in [0, 0.1) is 0 Å². The van der Waals surface area contributed by atoms with Gasteiger partial charge in [0.05, 0.1) is 11.0 Å². The summed E-state index contributed by atoms with van der Waals surface area (Å²) >= 11 is 3.34. The molecule has 0 aliphatic carbocycles. The molecule has 1 amide bonds. The van der Waals surface area contributed by atoms with E-state index >= 15 is 0 Å². The summed E-state index contributed by atoms with van der Waals surface area (Å²) in [6.07, 6.45) is 3.11. The molecule has 0 unspecified atom stereocenters. The van der Waals surface area contributed by atoms with Gasteiger partial charge in [0.25, 0.3) is 0 Å². The van der Waals surface area contributed by atoms with Gasteiger partial charge in [-0.15, -0.1) is 0 Å². The maximum absolute atomic E-state index is 11.5. The van der Waals surface area contributed by atoms with Crippen LogP contribution in [0.5, 0.6) is 0 Å². The monoisotopic (exact) mass is 286 g/mol. The van der Waals surface area contributed by atoms with Gasteiger partial charge in [0.15, 0.2) is 0 Å². The first-order valence-electron chi connectivity index (χ1n) is 4.96. The van der Waals surface area contributed by atoms with Gasteiger partial charge in [-0.1, -0.05) is 0 Å². The molecule has 0 fully saturated rings. The molecule has 6 heteroatoms. The van der Waals surface area contributed by atoms with Gasteiger partial charge >= 0.3 is 0 Å². The Morgan fingerprint density at radius 1 is 1.62 bits per heavy atom. The number of halogens is 1. The lowest BCUT2D eigenvalue weighted by molar-refractivity contribution is -0.120. The third-order valence-corrected chi connectivity index (χ3v) is 2.40. The van der Waals surface area contributed by atoms with E-state index in [-0.39, 0.29) is 18.5 Å². The topological polar surface area (TPSA) is 58.1 Å². The number of carbonyl (C=O) groups excluding carboxylic acids is 1. The minimum atomic E-state index is -0.0250. The average molecular weight is 287 g/mol. The first kappa shape index (κ1) is 12.9. The number of nitrogens with one attached hydrogen (secondary N) is 1. The molecule has 0 saturated carbocycles. The Hall–Kier alpha value is -1.17. The number of aromatic nitrogens is 2. The van der Waals surface area contributed by atoms with Gasteiger partial charge in [-0.25, -0.2) is 9.97 Å². The first-order valence-corrected chi connectivity index (χ1v) is 5.76. The minimum Gasteiger partial charge on any atom is -0.352 e. The van der Waals surface area contributed by atoms with Gasteiger partial charge in [0.1, 0.15) is 12.1 Å². The lowest BCUT2D eigenvalue weighted by atomic mass is 10.4. The molecule has 0 saturated heterocycles. The standard InChI is InChI=1S/C10H15BrN4O/c1-7(2)14-9(16)5-15(3)10-8(11)4-12-6-13-10/h4,6-7H,5H2,1-3H3,(H,14,16). The van der Waals surface area contributed by atoms with Crippen molar-refractivity contribution in [2.45, 2.75) is 19.9 Å². The number of carbonyl (C=O) groups is 1. The van der Waals surface area contributed by atoms with E-state index in [1.165, 1.54) is 6.33 Å². The Morgan fingerprint density at radius 2 is 2.31 bits per heavy atom. The molecule has 0 bridgehead atoms. The Labute approximate surface area is 103 Å². The SMILES string of the molecule is CC(C)NC(=O)CN(C)c1ncncc1Br. The van der Waals surface area contributed by atoms with Crippen molar-refractivity contribution in [2.24, 2.45) is 0 Å². The lowest BCUT2D eigenvalue weighted by Gasteiger charge is -2.19. The molecule has 1 aromatic rings. The van der Waals surface area contributed by atoms with Crippen LogP contribution in [-0.2, 0) is 4.79 Å². The molecular weight excluding hydrogens is 272 g/mol. The van der Waals surface area contributed by atoms with Crippen LogP contribution < -0.4 is 10.2 Å². The fourth-order valence-corrected chi connectivity index (χ4v) is 1.77. The molecule has 1 rings (SSSR count). The highest BCUT2D eigenvalue weighted by molar-refractivity contribution is 9.10. The quantitative estimate of drug-likeness (QED) is 0.904. The van der Waals surface area contributed by atoms with Crippen molar-refractivity contribution in [2.75, 3.05) is 18.5 Å². The van der Waals surface area contributed by atoms with E-state index in [9.17, 15) is 4.79 Å². The number of amides is 1. The lowest BCUT2D eigenvalue weighted by Crippen LogP contribution is -2.38. The van der Waals surface area contributed by atoms with Crippen molar-refractivity contribution in [3.63, 3.8) is 0 Å². The number of nitrogens with zero attached hydrogens (tertiary/aromatic N) is 3. The van der Waals surface area contributed by atoms with Crippen LogP contribution in [-0.4, -0.2) is 35.5 Å². The molecule has 0 aliphatic rings. The van der Waals surface area contributed by atoms with Crippen LogP contribution in [0.25, 0.3) is 0 Å². The second kappa shape index (κ2) is 5.79. The van der Waals surface area contributed by atoms with Gasteiger partial charge < -0.3 is 10.2 Å². The summed E-state index contributed by atoms with van der Waals surface area (Å²) in [4.78, 5) is 21.3. The molecule has 16 heavy (non-hydrogen) atoms. The zero-order valence-corrected chi connectivity index (χ0v) is 11.2. The summed E-state index contributed by atoms with van der Waals surface area (Å²) in [6, 6.07) is 0.148. The average Bonchev–Trinajstić information content (AvgIpc) is 2.16. The van der Waals surface area contributed by atoms with Crippen LogP contribution in [0.2, 0.25) is 0 Å². The van der Waals surface area contributed by atoms with E-state index < -0.39 is 0 Å². The van der Waals surface area contributed by atoms with Crippen LogP contribution >= 0.6 is 15.9 Å². The third-order valence-electron chi connectivity index (χ3n) is 1.84.